The summed E-state index contributed by atoms with van der Waals surface area (Å²) in [5.41, 5.74) is -0.153. The Labute approximate surface area is 154 Å². The van der Waals surface area contributed by atoms with E-state index >= 15 is 0 Å². The van der Waals surface area contributed by atoms with E-state index in [1.807, 2.05) is 0 Å². The first kappa shape index (κ1) is 19.3. The van der Waals surface area contributed by atoms with Gasteiger partial charge in [-0.3, -0.25) is 0 Å². The zero-order valence-corrected chi connectivity index (χ0v) is 15.5. The van der Waals surface area contributed by atoms with Crippen molar-refractivity contribution >= 4 is 0 Å². The standard InChI is InChI=1S/C22H28F3N/c1-2-3-15-4-9-17(10-5-15)18-11-6-16(7-12-18)8-13-19-14-20(23)22(25)26-21(19)24/h14-18H,2-7,9-12H2,1H3. The van der Waals surface area contributed by atoms with Crippen LogP contribution >= 0.6 is 0 Å². The van der Waals surface area contributed by atoms with Crippen molar-refractivity contribution in [2.75, 3.05) is 0 Å². The van der Waals surface area contributed by atoms with Crippen LogP contribution in [0.5, 0.6) is 0 Å². The van der Waals surface area contributed by atoms with Crippen LogP contribution in [0.1, 0.15) is 76.7 Å². The van der Waals surface area contributed by atoms with Gasteiger partial charge < -0.3 is 0 Å². The van der Waals surface area contributed by atoms with Gasteiger partial charge in [-0.15, -0.1) is 0 Å². The Kier molecular flexibility index (Phi) is 6.62. The van der Waals surface area contributed by atoms with E-state index in [0.29, 0.717) is 0 Å². The molecule has 0 amide bonds. The van der Waals surface area contributed by atoms with Gasteiger partial charge in [-0.2, -0.15) is 13.8 Å². The Balaban J connectivity index is 1.50. The Morgan fingerprint density at radius 2 is 1.54 bits per heavy atom. The SMILES string of the molecule is CCCC1CCC(C2CCC(C#Cc3cc(F)c(F)nc3F)CC2)CC1. The Morgan fingerprint density at radius 1 is 0.923 bits per heavy atom. The summed E-state index contributed by atoms with van der Waals surface area (Å²) in [6.45, 7) is 2.27. The molecule has 0 aliphatic heterocycles. The topological polar surface area (TPSA) is 12.9 Å². The number of hydrogen-bond acceptors (Lipinski definition) is 1. The normalized spacial score (nSPS) is 29.1. The molecule has 0 spiro atoms. The first-order chi connectivity index (χ1) is 12.6. The summed E-state index contributed by atoms with van der Waals surface area (Å²) >= 11 is 0. The van der Waals surface area contributed by atoms with E-state index < -0.39 is 17.7 Å². The monoisotopic (exact) mass is 363 g/mol. The van der Waals surface area contributed by atoms with Gasteiger partial charge in [-0.1, -0.05) is 44.4 Å². The smallest absolute Gasteiger partial charge is 0.202 e. The quantitative estimate of drug-likeness (QED) is 0.456. The van der Waals surface area contributed by atoms with Gasteiger partial charge >= 0.3 is 0 Å². The molecular formula is C22H28F3N. The van der Waals surface area contributed by atoms with Crippen LogP contribution in [0, 0.1) is 53.2 Å². The van der Waals surface area contributed by atoms with Crippen LogP contribution in [-0.2, 0) is 0 Å². The predicted octanol–water partition coefficient (Wildman–Crippen LogP) is 6.26. The van der Waals surface area contributed by atoms with Crippen LogP contribution in [0.3, 0.4) is 0 Å². The maximum absolute atomic E-state index is 13.6. The molecule has 142 valence electrons. The third-order valence-electron chi connectivity index (χ3n) is 6.32. The average Bonchev–Trinajstić information content (AvgIpc) is 2.65. The van der Waals surface area contributed by atoms with Gasteiger partial charge in [0.1, 0.15) is 0 Å². The maximum atomic E-state index is 13.6. The molecule has 1 heterocycles. The highest BCUT2D eigenvalue weighted by atomic mass is 19.2. The van der Waals surface area contributed by atoms with E-state index in [0.717, 1.165) is 36.7 Å². The van der Waals surface area contributed by atoms with E-state index in [1.54, 1.807) is 0 Å². The summed E-state index contributed by atoms with van der Waals surface area (Å²) in [6, 6.07) is 0.797. The molecule has 26 heavy (non-hydrogen) atoms. The first-order valence-corrected chi connectivity index (χ1v) is 10.1. The van der Waals surface area contributed by atoms with Gasteiger partial charge in [0.25, 0.3) is 5.95 Å². The lowest BCUT2D eigenvalue weighted by molar-refractivity contribution is 0.154. The molecular weight excluding hydrogens is 335 g/mol. The van der Waals surface area contributed by atoms with Crippen molar-refractivity contribution < 1.29 is 13.2 Å². The zero-order valence-electron chi connectivity index (χ0n) is 15.5. The molecule has 1 nitrogen and oxygen atoms in total. The van der Waals surface area contributed by atoms with Gasteiger partial charge in [-0.05, 0) is 62.3 Å². The molecule has 0 bridgehead atoms. The van der Waals surface area contributed by atoms with E-state index in [4.69, 9.17) is 0 Å². The fourth-order valence-corrected chi connectivity index (χ4v) is 4.80. The fraction of sp³-hybridized carbons (Fsp3) is 0.682. The number of hydrogen-bond donors (Lipinski definition) is 0. The molecule has 0 unspecified atom stereocenters. The zero-order chi connectivity index (χ0) is 18.5. The minimum atomic E-state index is -1.41. The maximum Gasteiger partial charge on any atom is 0.251 e. The minimum absolute atomic E-state index is 0.153. The lowest BCUT2D eigenvalue weighted by Crippen LogP contribution is -2.25. The van der Waals surface area contributed by atoms with Crippen LogP contribution in [0.4, 0.5) is 13.2 Å². The van der Waals surface area contributed by atoms with E-state index in [-0.39, 0.29) is 11.5 Å². The minimum Gasteiger partial charge on any atom is -0.202 e. The van der Waals surface area contributed by atoms with Crippen LogP contribution in [0.25, 0.3) is 0 Å². The lowest BCUT2D eigenvalue weighted by atomic mass is 9.69. The fourth-order valence-electron chi connectivity index (χ4n) is 4.80. The molecule has 0 radical (unpaired) electrons. The number of rotatable bonds is 3. The van der Waals surface area contributed by atoms with Gasteiger partial charge in [0, 0.05) is 5.92 Å². The molecule has 0 atom stereocenters. The number of halogens is 3. The second kappa shape index (κ2) is 8.93. The Bertz CT molecular complexity index is 660. The van der Waals surface area contributed by atoms with Crippen LogP contribution in [0.2, 0.25) is 0 Å². The van der Waals surface area contributed by atoms with E-state index in [9.17, 15) is 13.2 Å². The summed E-state index contributed by atoms with van der Waals surface area (Å²) in [5, 5.41) is 0. The third-order valence-corrected chi connectivity index (χ3v) is 6.32. The average molecular weight is 363 g/mol. The van der Waals surface area contributed by atoms with E-state index in [1.165, 1.54) is 51.4 Å². The summed E-state index contributed by atoms with van der Waals surface area (Å²) in [4.78, 5) is 2.92. The van der Waals surface area contributed by atoms with Crippen molar-refractivity contribution in [3.63, 3.8) is 0 Å². The largest absolute Gasteiger partial charge is 0.251 e. The molecule has 1 aromatic rings. The van der Waals surface area contributed by atoms with Crippen molar-refractivity contribution in [3.8, 4) is 11.8 Å². The van der Waals surface area contributed by atoms with Crippen LogP contribution in [0.15, 0.2) is 6.07 Å². The first-order valence-electron chi connectivity index (χ1n) is 10.1. The highest BCUT2D eigenvalue weighted by Crippen LogP contribution is 2.42. The van der Waals surface area contributed by atoms with Crippen molar-refractivity contribution in [1.29, 1.82) is 0 Å². The van der Waals surface area contributed by atoms with Crippen molar-refractivity contribution in [3.05, 3.63) is 29.3 Å². The summed E-state index contributed by atoms with van der Waals surface area (Å²) in [6.07, 6.45) is 12.6. The molecule has 1 aromatic heterocycles. The predicted molar refractivity (Wildman–Crippen MR) is 96.8 cm³/mol. The number of aromatic nitrogens is 1. The van der Waals surface area contributed by atoms with Crippen LogP contribution < -0.4 is 0 Å². The second-order valence-corrected chi connectivity index (χ2v) is 8.05. The molecule has 0 aromatic carbocycles. The van der Waals surface area contributed by atoms with Crippen molar-refractivity contribution in [2.45, 2.75) is 71.1 Å². The van der Waals surface area contributed by atoms with Crippen molar-refractivity contribution in [2.24, 2.45) is 23.7 Å². The van der Waals surface area contributed by atoms with Gasteiger partial charge in [0.15, 0.2) is 5.82 Å². The molecule has 0 N–H and O–H groups in total. The number of nitrogens with zero attached hydrogens (tertiary/aromatic N) is 1. The van der Waals surface area contributed by atoms with E-state index in [2.05, 4.69) is 23.7 Å². The molecule has 2 fully saturated rings. The highest BCUT2D eigenvalue weighted by Gasteiger charge is 2.30. The lowest BCUT2D eigenvalue weighted by Gasteiger charge is -2.37. The molecule has 4 heteroatoms. The third kappa shape index (κ3) is 4.81. The molecule has 0 saturated heterocycles. The summed E-state index contributed by atoms with van der Waals surface area (Å²) in [7, 11) is 0. The van der Waals surface area contributed by atoms with Gasteiger partial charge in [0.2, 0.25) is 5.95 Å². The Morgan fingerprint density at radius 3 is 2.15 bits per heavy atom. The van der Waals surface area contributed by atoms with Gasteiger partial charge in [-0.25, -0.2) is 4.39 Å². The second-order valence-electron chi connectivity index (χ2n) is 8.05. The molecule has 2 saturated carbocycles. The summed E-state index contributed by atoms with van der Waals surface area (Å²) in [5.74, 6) is 4.95. The van der Waals surface area contributed by atoms with Crippen LogP contribution in [-0.4, -0.2) is 4.98 Å². The van der Waals surface area contributed by atoms with Gasteiger partial charge in [0.05, 0.1) is 5.56 Å². The summed E-state index contributed by atoms with van der Waals surface area (Å²) < 4.78 is 39.6. The highest BCUT2D eigenvalue weighted by molar-refractivity contribution is 5.33. The molecule has 3 rings (SSSR count). The molecule has 2 aliphatic carbocycles. The number of pyridine rings is 1. The molecule has 2 aliphatic rings. The van der Waals surface area contributed by atoms with Crippen molar-refractivity contribution in [1.82, 2.24) is 4.98 Å². The Hall–Kier alpha value is -1.50.